The van der Waals surface area contributed by atoms with Crippen molar-refractivity contribution in [1.29, 1.82) is 0 Å². The molecule has 0 fully saturated rings. The van der Waals surface area contributed by atoms with E-state index in [0.717, 1.165) is 24.1 Å². The molecule has 0 bridgehead atoms. The van der Waals surface area contributed by atoms with Gasteiger partial charge in [-0.2, -0.15) is 0 Å². The molecule has 2 nitrogen and oxygen atoms in total. The van der Waals surface area contributed by atoms with Gasteiger partial charge in [-0.25, -0.2) is 0 Å². The van der Waals surface area contributed by atoms with Crippen LogP contribution >= 0.6 is 0 Å². The maximum Gasteiger partial charge on any atom is 0.181 e. The molecule has 1 N–H and O–H groups in total. The van der Waals surface area contributed by atoms with E-state index in [4.69, 9.17) is 0 Å². The van der Waals surface area contributed by atoms with Gasteiger partial charge in [-0.3, -0.25) is 4.79 Å². The average molecular weight is 253 g/mol. The molecule has 0 aromatic heterocycles. The number of carbonyl (C=O) groups excluding carboxylic acids is 1. The molecule has 0 amide bonds. The monoisotopic (exact) mass is 253 g/mol. The average Bonchev–Trinajstić information content (AvgIpc) is 2.47. The number of Topliss-reactive ketones (excluding diaryl/α,β-unsaturated/α-hetero) is 1. The highest BCUT2D eigenvalue weighted by atomic mass is 16.1. The number of carbonyl (C=O) groups is 1. The molecule has 0 aliphatic rings. The van der Waals surface area contributed by atoms with Gasteiger partial charge in [0.1, 0.15) is 0 Å². The van der Waals surface area contributed by atoms with Crippen LogP contribution < -0.4 is 5.32 Å². The summed E-state index contributed by atoms with van der Waals surface area (Å²) in [6, 6.07) is 17.7. The van der Waals surface area contributed by atoms with E-state index in [1.165, 1.54) is 5.56 Å². The van der Waals surface area contributed by atoms with Crippen molar-refractivity contribution in [2.24, 2.45) is 0 Å². The SMILES string of the molecule is CCCc1ccc(C(=O)CNc2ccccc2)cc1. The number of para-hydroxylation sites is 1. The fourth-order valence-electron chi connectivity index (χ4n) is 1.99. The van der Waals surface area contributed by atoms with Crippen LogP contribution in [0.3, 0.4) is 0 Å². The Morgan fingerprint density at radius 2 is 1.68 bits per heavy atom. The zero-order valence-corrected chi connectivity index (χ0v) is 11.2. The van der Waals surface area contributed by atoms with Gasteiger partial charge in [0.15, 0.2) is 5.78 Å². The van der Waals surface area contributed by atoms with Crippen molar-refractivity contribution in [3.05, 3.63) is 65.7 Å². The van der Waals surface area contributed by atoms with Crippen LogP contribution in [0.5, 0.6) is 0 Å². The predicted octanol–water partition coefficient (Wildman–Crippen LogP) is 3.93. The largest absolute Gasteiger partial charge is 0.378 e. The minimum atomic E-state index is 0.118. The maximum absolute atomic E-state index is 12.0. The highest BCUT2D eigenvalue weighted by Crippen LogP contribution is 2.09. The Kier molecular flexibility index (Phi) is 4.73. The van der Waals surface area contributed by atoms with E-state index in [1.54, 1.807) is 0 Å². The Balaban J connectivity index is 1.92. The highest BCUT2D eigenvalue weighted by Gasteiger charge is 2.05. The summed E-state index contributed by atoms with van der Waals surface area (Å²) in [5.41, 5.74) is 3.02. The number of ketones is 1. The van der Waals surface area contributed by atoms with E-state index in [2.05, 4.69) is 12.2 Å². The molecule has 2 aromatic carbocycles. The number of hydrogen-bond donors (Lipinski definition) is 1. The lowest BCUT2D eigenvalue weighted by molar-refractivity contribution is 0.101. The van der Waals surface area contributed by atoms with E-state index in [0.29, 0.717) is 6.54 Å². The number of nitrogens with one attached hydrogen (secondary N) is 1. The van der Waals surface area contributed by atoms with Gasteiger partial charge in [-0.15, -0.1) is 0 Å². The quantitative estimate of drug-likeness (QED) is 0.790. The molecule has 0 saturated carbocycles. The lowest BCUT2D eigenvalue weighted by Gasteiger charge is -2.06. The zero-order chi connectivity index (χ0) is 13.5. The first-order valence-corrected chi connectivity index (χ1v) is 6.70. The first-order valence-electron chi connectivity index (χ1n) is 6.70. The Morgan fingerprint density at radius 1 is 1.00 bits per heavy atom. The maximum atomic E-state index is 12.0. The molecule has 0 aliphatic heterocycles. The second kappa shape index (κ2) is 6.74. The summed E-state index contributed by atoms with van der Waals surface area (Å²) in [6.45, 7) is 2.49. The summed E-state index contributed by atoms with van der Waals surface area (Å²) in [5, 5.41) is 3.13. The summed E-state index contributed by atoms with van der Waals surface area (Å²) in [4.78, 5) is 12.0. The molecule has 0 radical (unpaired) electrons. The van der Waals surface area contributed by atoms with E-state index in [-0.39, 0.29) is 5.78 Å². The van der Waals surface area contributed by atoms with Crippen molar-refractivity contribution < 1.29 is 4.79 Å². The fraction of sp³-hybridized carbons (Fsp3) is 0.235. The first-order chi connectivity index (χ1) is 9.29. The predicted molar refractivity (Wildman–Crippen MR) is 79.7 cm³/mol. The van der Waals surface area contributed by atoms with Crippen LogP contribution in [0, 0.1) is 0 Å². The van der Waals surface area contributed by atoms with Crippen molar-refractivity contribution >= 4 is 11.5 Å². The zero-order valence-electron chi connectivity index (χ0n) is 11.2. The minimum absolute atomic E-state index is 0.118. The Hall–Kier alpha value is -2.09. The molecule has 0 spiro atoms. The third-order valence-electron chi connectivity index (χ3n) is 3.04. The number of aryl methyl sites for hydroxylation is 1. The van der Waals surface area contributed by atoms with Crippen molar-refractivity contribution in [3.63, 3.8) is 0 Å². The molecule has 2 aromatic rings. The van der Waals surface area contributed by atoms with Crippen LogP contribution in [0.25, 0.3) is 0 Å². The normalized spacial score (nSPS) is 10.2. The number of hydrogen-bond acceptors (Lipinski definition) is 2. The van der Waals surface area contributed by atoms with Crippen molar-refractivity contribution in [1.82, 2.24) is 0 Å². The van der Waals surface area contributed by atoms with E-state index in [9.17, 15) is 4.79 Å². The molecule has 2 rings (SSSR count). The lowest BCUT2D eigenvalue weighted by Crippen LogP contribution is -2.13. The molecule has 0 saturated heterocycles. The third kappa shape index (κ3) is 3.95. The van der Waals surface area contributed by atoms with Crippen LogP contribution in [0.4, 0.5) is 5.69 Å². The highest BCUT2D eigenvalue weighted by molar-refractivity contribution is 5.98. The molecular formula is C17H19NO. The van der Waals surface area contributed by atoms with Gasteiger partial charge in [-0.05, 0) is 24.1 Å². The lowest BCUT2D eigenvalue weighted by atomic mass is 10.1. The van der Waals surface area contributed by atoms with Gasteiger partial charge in [0.2, 0.25) is 0 Å². The molecule has 98 valence electrons. The molecule has 19 heavy (non-hydrogen) atoms. The van der Waals surface area contributed by atoms with Gasteiger partial charge in [-0.1, -0.05) is 55.8 Å². The van der Waals surface area contributed by atoms with Crippen LogP contribution in [0.1, 0.15) is 29.3 Å². The first kappa shape index (κ1) is 13.3. The van der Waals surface area contributed by atoms with Gasteiger partial charge in [0, 0.05) is 11.3 Å². The summed E-state index contributed by atoms with van der Waals surface area (Å²) >= 11 is 0. The fourth-order valence-corrected chi connectivity index (χ4v) is 1.99. The van der Waals surface area contributed by atoms with Gasteiger partial charge in [0.05, 0.1) is 6.54 Å². The van der Waals surface area contributed by atoms with Crippen molar-refractivity contribution in [3.8, 4) is 0 Å². The Labute approximate surface area is 114 Å². The van der Waals surface area contributed by atoms with E-state index >= 15 is 0 Å². The molecule has 0 atom stereocenters. The standard InChI is InChI=1S/C17H19NO/c1-2-6-14-9-11-15(12-10-14)17(19)13-18-16-7-4-3-5-8-16/h3-5,7-12,18H,2,6,13H2,1H3. The number of rotatable bonds is 6. The Morgan fingerprint density at radius 3 is 2.32 bits per heavy atom. The van der Waals surface area contributed by atoms with Crippen molar-refractivity contribution in [2.45, 2.75) is 19.8 Å². The van der Waals surface area contributed by atoms with Gasteiger partial charge in [0.25, 0.3) is 0 Å². The minimum Gasteiger partial charge on any atom is -0.378 e. The van der Waals surface area contributed by atoms with E-state index < -0.39 is 0 Å². The van der Waals surface area contributed by atoms with Crippen LogP contribution in [-0.4, -0.2) is 12.3 Å². The topological polar surface area (TPSA) is 29.1 Å². The second-order valence-electron chi connectivity index (χ2n) is 4.59. The van der Waals surface area contributed by atoms with Crippen LogP contribution in [0.2, 0.25) is 0 Å². The molecular weight excluding hydrogens is 234 g/mol. The molecule has 0 unspecified atom stereocenters. The third-order valence-corrected chi connectivity index (χ3v) is 3.04. The second-order valence-corrected chi connectivity index (χ2v) is 4.59. The summed E-state index contributed by atoms with van der Waals surface area (Å²) in [5.74, 6) is 0.118. The van der Waals surface area contributed by atoms with E-state index in [1.807, 2.05) is 54.6 Å². The summed E-state index contributed by atoms with van der Waals surface area (Å²) < 4.78 is 0. The van der Waals surface area contributed by atoms with Crippen LogP contribution in [-0.2, 0) is 6.42 Å². The number of anilines is 1. The Bertz CT molecular complexity index is 517. The summed E-state index contributed by atoms with van der Waals surface area (Å²) in [6.07, 6.45) is 2.19. The van der Waals surface area contributed by atoms with Crippen molar-refractivity contribution in [2.75, 3.05) is 11.9 Å². The molecule has 0 aliphatic carbocycles. The van der Waals surface area contributed by atoms with Gasteiger partial charge >= 0.3 is 0 Å². The van der Waals surface area contributed by atoms with Gasteiger partial charge < -0.3 is 5.32 Å². The molecule has 2 heteroatoms. The summed E-state index contributed by atoms with van der Waals surface area (Å²) in [7, 11) is 0. The molecule has 0 heterocycles. The smallest absolute Gasteiger partial charge is 0.181 e. The number of benzene rings is 2. The van der Waals surface area contributed by atoms with Crippen LogP contribution in [0.15, 0.2) is 54.6 Å².